The first-order chi connectivity index (χ1) is 17.7. The number of hydrogen-bond donors (Lipinski definition) is 0. The Morgan fingerprint density at radius 2 is 1.67 bits per heavy atom. The second-order valence-electron chi connectivity index (χ2n) is 9.09. The van der Waals surface area contributed by atoms with Crippen molar-refractivity contribution in [2.24, 2.45) is 0 Å². The van der Waals surface area contributed by atoms with E-state index in [9.17, 15) is 4.79 Å². The molecular formula is C30H32N2O3S. The number of ether oxygens (including phenoxy) is 1. The molecule has 1 aliphatic rings. The molecule has 0 radical (unpaired) electrons. The highest BCUT2D eigenvalue weighted by Gasteiger charge is 2.17. The van der Waals surface area contributed by atoms with Crippen LogP contribution >= 0.6 is 11.8 Å². The van der Waals surface area contributed by atoms with Gasteiger partial charge >= 0.3 is 5.63 Å². The first-order valence-electron chi connectivity index (χ1n) is 12.6. The van der Waals surface area contributed by atoms with Crippen LogP contribution in [0.3, 0.4) is 0 Å². The second kappa shape index (κ2) is 11.7. The summed E-state index contributed by atoms with van der Waals surface area (Å²) in [7, 11) is 1.70. The molecule has 0 N–H and O–H groups in total. The first kappa shape index (κ1) is 24.5. The van der Waals surface area contributed by atoms with Crippen molar-refractivity contribution in [3.63, 3.8) is 0 Å². The lowest BCUT2D eigenvalue weighted by atomic mass is 10.0. The fourth-order valence-corrected chi connectivity index (χ4v) is 5.68. The zero-order chi connectivity index (χ0) is 24.7. The van der Waals surface area contributed by atoms with Crippen LogP contribution in [-0.4, -0.2) is 50.5 Å². The van der Waals surface area contributed by atoms with E-state index in [0.29, 0.717) is 5.58 Å². The van der Waals surface area contributed by atoms with E-state index < -0.39 is 0 Å². The summed E-state index contributed by atoms with van der Waals surface area (Å²) >= 11 is 1.83. The van der Waals surface area contributed by atoms with Crippen molar-refractivity contribution in [2.45, 2.75) is 17.7 Å². The second-order valence-corrected chi connectivity index (χ2v) is 10.3. The molecule has 0 aliphatic carbocycles. The number of benzene rings is 3. The predicted octanol–water partition coefficient (Wildman–Crippen LogP) is 6.16. The molecular weight excluding hydrogens is 468 g/mol. The SMILES string of the molecule is COc1ccc(N2CCN(CCCCSc3ccc4c(-c5ccccc5)cc(=O)oc4c3)CC2)cc1. The van der Waals surface area contributed by atoms with Gasteiger partial charge in [-0.2, -0.15) is 0 Å². The molecule has 0 saturated carbocycles. The smallest absolute Gasteiger partial charge is 0.336 e. The molecule has 2 heterocycles. The van der Waals surface area contributed by atoms with Gasteiger partial charge in [-0.3, -0.25) is 4.90 Å². The van der Waals surface area contributed by atoms with E-state index in [0.717, 1.165) is 72.1 Å². The Balaban J connectivity index is 1.08. The van der Waals surface area contributed by atoms with Gasteiger partial charge in [0.25, 0.3) is 0 Å². The fourth-order valence-electron chi connectivity index (χ4n) is 4.74. The van der Waals surface area contributed by atoms with Crippen LogP contribution in [0.1, 0.15) is 12.8 Å². The Morgan fingerprint density at radius 1 is 0.889 bits per heavy atom. The maximum atomic E-state index is 12.2. The number of nitrogens with zero attached hydrogens (tertiary/aromatic N) is 2. The number of fused-ring (bicyclic) bond motifs is 1. The van der Waals surface area contributed by atoms with E-state index in [1.807, 2.05) is 60.3 Å². The molecule has 3 aromatic carbocycles. The average molecular weight is 501 g/mol. The largest absolute Gasteiger partial charge is 0.497 e. The summed E-state index contributed by atoms with van der Waals surface area (Å²) in [5, 5.41) is 0.971. The van der Waals surface area contributed by atoms with Gasteiger partial charge in [-0.05, 0) is 78.7 Å². The molecule has 1 aromatic heterocycles. The number of unbranched alkanes of at least 4 members (excludes halogenated alkanes) is 1. The number of hydrogen-bond acceptors (Lipinski definition) is 6. The number of anilines is 1. The third kappa shape index (κ3) is 5.94. The van der Waals surface area contributed by atoms with E-state index in [2.05, 4.69) is 34.1 Å². The molecule has 186 valence electrons. The Hall–Kier alpha value is -3.22. The summed E-state index contributed by atoms with van der Waals surface area (Å²) in [6, 6.07) is 26.2. The molecule has 1 saturated heterocycles. The zero-order valence-corrected chi connectivity index (χ0v) is 21.5. The highest BCUT2D eigenvalue weighted by Crippen LogP contribution is 2.30. The first-order valence-corrected chi connectivity index (χ1v) is 13.6. The molecule has 5 rings (SSSR count). The van der Waals surface area contributed by atoms with Crippen molar-refractivity contribution in [1.29, 1.82) is 0 Å². The van der Waals surface area contributed by atoms with Crippen molar-refractivity contribution < 1.29 is 9.15 Å². The van der Waals surface area contributed by atoms with Crippen molar-refractivity contribution in [1.82, 2.24) is 4.90 Å². The summed E-state index contributed by atoms with van der Waals surface area (Å²) in [5.74, 6) is 1.96. The van der Waals surface area contributed by atoms with E-state index in [1.165, 1.54) is 12.1 Å². The van der Waals surface area contributed by atoms with Crippen LogP contribution in [0.25, 0.3) is 22.1 Å². The number of piperazine rings is 1. The predicted molar refractivity (Wildman–Crippen MR) is 150 cm³/mol. The van der Waals surface area contributed by atoms with E-state index in [1.54, 1.807) is 13.2 Å². The maximum absolute atomic E-state index is 12.2. The molecule has 0 amide bonds. The van der Waals surface area contributed by atoms with Gasteiger partial charge in [0.05, 0.1) is 7.11 Å². The number of thioether (sulfide) groups is 1. The topological polar surface area (TPSA) is 45.9 Å². The van der Waals surface area contributed by atoms with Gasteiger partial charge in [-0.1, -0.05) is 30.3 Å². The fraction of sp³-hybridized carbons (Fsp3) is 0.300. The molecule has 0 bridgehead atoms. The summed E-state index contributed by atoms with van der Waals surface area (Å²) in [5.41, 5.74) is 3.57. The van der Waals surface area contributed by atoms with Crippen LogP contribution in [0.4, 0.5) is 5.69 Å². The van der Waals surface area contributed by atoms with Gasteiger partial charge in [0, 0.05) is 48.2 Å². The van der Waals surface area contributed by atoms with Crippen LogP contribution in [0.15, 0.2) is 93.0 Å². The van der Waals surface area contributed by atoms with Gasteiger partial charge in [-0.15, -0.1) is 11.8 Å². The van der Waals surface area contributed by atoms with Crippen LogP contribution in [0.5, 0.6) is 5.75 Å². The van der Waals surface area contributed by atoms with Crippen molar-refractivity contribution in [2.75, 3.05) is 50.5 Å². The summed E-state index contributed by atoms with van der Waals surface area (Å²) in [6.45, 7) is 5.48. The van der Waals surface area contributed by atoms with Gasteiger partial charge in [-0.25, -0.2) is 4.79 Å². The monoisotopic (exact) mass is 500 g/mol. The van der Waals surface area contributed by atoms with Crippen molar-refractivity contribution >= 4 is 28.4 Å². The lowest BCUT2D eigenvalue weighted by molar-refractivity contribution is 0.254. The minimum Gasteiger partial charge on any atom is -0.497 e. The minimum absolute atomic E-state index is 0.310. The summed E-state index contributed by atoms with van der Waals surface area (Å²) in [4.78, 5) is 18.3. The number of rotatable bonds is 9. The quantitative estimate of drug-likeness (QED) is 0.156. The summed E-state index contributed by atoms with van der Waals surface area (Å²) < 4.78 is 10.8. The average Bonchev–Trinajstić information content (AvgIpc) is 2.93. The van der Waals surface area contributed by atoms with Gasteiger partial charge < -0.3 is 14.1 Å². The molecule has 0 spiro atoms. The molecule has 0 atom stereocenters. The standard InChI is InChI=1S/C30H32N2O3S/c1-34-25-11-9-24(10-12-25)32-18-16-31(17-19-32)15-5-6-20-36-26-13-14-27-28(23-7-3-2-4-8-23)22-30(33)35-29(27)21-26/h2-4,7-14,21-22H,5-6,15-20H2,1H3. The zero-order valence-electron chi connectivity index (χ0n) is 20.7. The van der Waals surface area contributed by atoms with Gasteiger partial charge in [0.15, 0.2) is 0 Å². The van der Waals surface area contributed by atoms with Crippen molar-refractivity contribution in [3.05, 3.63) is 89.3 Å². The molecule has 5 nitrogen and oxygen atoms in total. The van der Waals surface area contributed by atoms with Crippen LogP contribution in [0, 0.1) is 0 Å². The van der Waals surface area contributed by atoms with Crippen LogP contribution in [-0.2, 0) is 0 Å². The van der Waals surface area contributed by atoms with Crippen LogP contribution < -0.4 is 15.3 Å². The van der Waals surface area contributed by atoms with E-state index >= 15 is 0 Å². The lowest BCUT2D eigenvalue weighted by Crippen LogP contribution is -2.46. The van der Waals surface area contributed by atoms with E-state index in [-0.39, 0.29) is 5.63 Å². The lowest BCUT2D eigenvalue weighted by Gasteiger charge is -2.36. The highest BCUT2D eigenvalue weighted by molar-refractivity contribution is 7.99. The molecule has 36 heavy (non-hydrogen) atoms. The minimum atomic E-state index is -0.310. The maximum Gasteiger partial charge on any atom is 0.336 e. The Morgan fingerprint density at radius 3 is 2.42 bits per heavy atom. The Labute approximate surface area is 216 Å². The molecule has 1 aliphatic heterocycles. The third-order valence-corrected chi connectivity index (χ3v) is 7.83. The number of methoxy groups -OCH3 is 1. The molecule has 4 aromatic rings. The molecule has 6 heteroatoms. The Kier molecular flexibility index (Phi) is 7.94. The highest BCUT2D eigenvalue weighted by atomic mass is 32.2. The van der Waals surface area contributed by atoms with E-state index in [4.69, 9.17) is 9.15 Å². The summed E-state index contributed by atoms with van der Waals surface area (Å²) in [6.07, 6.45) is 2.35. The third-order valence-electron chi connectivity index (χ3n) is 6.75. The van der Waals surface area contributed by atoms with Crippen LogP contribution in [0.2, 0.25) is 0 Å². The Bertz CT molecular complexity index is 1330. The van der Waals surface area contributed by atoms with Gasteiger partial charge in [0.2, 0.25) is 0 Å². The van der Waals surface area contributed by atoms with Crippen molar-refractivity contribution in [3.8, 4) is 16.9 Å². The molecule has 1 fully saturated rings. The normalized spacial score (nSPS) is 14.3. The van der Waals surface area contributed by atoms with Gasteiger partial charge in [0.1, 0.15) is 11.3 Å². The molecule has 0 unspecified atom stereocenters.